The summed E-state index contributed by atoms with van der Waals surface area (Å²) in [5, 5.41) is 2.89. The second kappa shape index (κ2) is 5.78. The Hall–Kier alpha value is -1.63. The number of fused-ring (bicyclic) bond motifs is 1. The van der Waals surface area contributed by atoms with Gasteiger partial charge in [-0.1, -0.05) is 11.8 Å². The number of carbonyl (C=O) groups excluding carboxylic acids is 1. The number of thioether (sulfide) groups is 1. The van der Waals surface area contributed by atoms with Crippen LogP contribution in [0.4, 0.5) is 8.78 Å². The molecule has 1 aromatic heterocycles. The van der Waals surface area contributed by atoms with Gasteiger partial charge in [-0.25, -0.2) is 13.8 Å². The van der Waals surface area contributed by atoms with E-state index in [2.05, 4.69) is 15.3 Å². The molecule has 0 aliphatic heterocycles. The van der Waals surface area contributed by atoms with Crippen molar-refractivity contribution in [2.75, 3.05) is 0 Å². The van der Waals surface area contributed by atoms with Gasteiger partial charge in [0.2, 0.25) is 5.91 Å². The number of amides is 1. The van der Waals surface area contributed by atoms with Crippen molar-refractivity contribution in [3.63, 3.8) is 0 Å². The molecule has 1 atom stereocenters. The Morgan fingerprint density at radius 3 is 2.60 bits per heavy atom. The van der Waals surface area contributed by atoms with Gasteiger partial charge in [0.1, 0.15) is 0 Å². The van der Waals surface area contributed by atoms with Crippen LogP contribution in [0.3, 0.4) is 0 Å². The van der Waals surface area contributed by atoms with Crippen molar-refractivity contribution in [2.45, 2.75) is 37.2 Å². The largest absolute Gasteiger partial charge is 0.353 e. The number of rotatable bonds is 4. The molecule has 0 radical (unpaired) electrons. The summed E-state index contributed by atoms with van der Waals surface area (Å²) in [5.41, 5.74) is 0.741. The summed E-state index contributed by atoms with van der Waals surface area (Å²) < 4.78 is 26.2. The van der Waals surface area contributed by atoms with Gasteiger partial charge in [0.25, 0.3) is 0 Å². The van der Waals surface area contributed by atoms with Crippen LogP contribution in [0, 0.1) is 11.6 Å². The summed E-state index contributed by atoms with van der Waals surface area (Å²) in [6, 6.07) is 2.15. The highest BCUT2D eigenvalue weighted by molar-refractivity contribution is 8.00. The molecule has 0 saturated heterocycles. The van der Waals surface area contributed by atoms with Gasteiger partial charge >= 0.3 is 0 Å². The average molecular weight is 299 g/mol. The first-order valence-electron chi connectivity index (χ1n) is 6.18. The van der Waals surface area contributed by atoms with Gasteiger partial charge in [-0.15, -0.1) is 0 Å². The molecule has 0 bridgehead atoms. The van der Waals surface area contributed by atoms with Crippen molar-refractivity contribution >= 4 is 28.7 Å². The van der Waals surface area contributed by atoms with Crippen LogP contribution in [-0.2, 0) is 4.79 Å². The lowest BCUT2D eigenvalue weighted by Gasteiger charge is -2.12. The number of nitrogens with zero attached hydrogens (tertiary/aromatic N) is 1. The van der Waals surface area contributed by atoms with E-state index in [0.29, 0.717) is 16.2 Å². The molecule has 2 N–H and O–H groups in total. The van der Waals surface area contributed by atoms with E-state index >= 15 is 0 Å². The zero-order valence-corrected chi connectivity index (χ0v) is 12.1. The molecule has 7 heteroatoms. The first kappa shape index (κ1) is 14.8. The number of aromatic nitrogens is 2. The summed E-state index contributed by atoms with van der Waals surface area (Å²) in [6.07, 6.45) is 0. The molecule has 4 nitrogen and oxygen atoms in total. The molecule has 2 rings (SSSR count). The Morgan fingerprint density at radius 1 is 1.30 bits per heavy atom. The van der Waals surface area contributed by atoms with E-state index in [1.165, 1.54) is 11.8 Å². The van der Waals surface area contributed by atoms with Crippen molar-refractivity contribution in [1.82, 2.24) is 15.3 Å². The van der Waals surface area contributed by atoms with E-state index < -0.39 is 11.6 Å². The predicted octanol–water partition coefficient (Wildman–Crippen LogP) is 2.85. The molecule has 0 fully saturated rings. The van der Waals surface area contributed by atoms with Gasteiger partial charge < -0.3 is 10.3 Å². The van der Waals surface area contributed by atoms with Crippen molar-refractivity contribution in [3.8, 4) is 0 Å². The highest BCUT2D eigenvalue weighted by Gasteiger charge is 2.17. The summed E-state index contributed by atoms with van der Waals surface area (Å²) >= 11 is 1.21. The van der Waals surface area contributed by atoms with Crippen LogP contribution in [0.1, 0.15) is 20.8 Å². The monoisotopic (exact) mass is 299 g/mol. The molecule has 1 aromatic carbocycles. The fourth-order valence-electron chi connectivity index (χ4n) is 1.66. The Balaban J connectivity index is 2.16. The molecule has 1 unspecified atom stereocenters. The van der Waals surface area contributed by atoms with Gasteiger partial charge in [0.05, 0.1) is 16.3 Å². The molecular weight excluding hydrogens is 284 g/mol. The zero-order chi connectivity index (χ0) is 14.9. The van der Waals surface area contributed by atoms with Crippen molar-refractivity contribution in [2.24, 2.45) is 0 Å². The summed E-state index contributed by atoms with van der Waals surface area (Å²) in [6.45, 7) is 5.50. The second-order valence-electron chi connectivity index (χ2n) is 4.75. The van der Waals surface area contributed by atoms with Crippen LogP contribution >= 0.6 is 11.8 Å². The lowest BCUT2D eigenvalue weighted by Crippen LogP contribution is -2.35. The molecule has 2 aromatic rings. The molecule has 108 valence electrons. The molecule has 0 aliphatic rings. The number of carbonyl (C=O) groups is 1. The van der Waals surface area contributed by atoms with E-state index in [1.807, 2.05) is 13.8 Å². The number of H-pyrrole nitrogens is 1. The highest BCUT2D eigenvalue weighted by Crippen LogP contribution is 2.24. The van der Waals surface area contributed by atoms with E-state index in [9.17, 15) is 13.6 Å². The topological polar surface area (TPSA) is 57.8 Å². The van der Waals surface area contributed by atoms with E-state index in [0.717, 1.165) is 12.1 Å². The average Bonchev–Trinajstić information content (AvgIpc) is 2.70. The van der Waals surface area contributed by atoms with Crippen molar-refractivity contribution < 1.29 is 13.6 Å². The molecule has 1 heterocycles. The predicted molar refractivity (Wildman–Crippen MR) is 74.6 cm³/mol. The normalized spacial score (nSPS) is 12.9. The maximum atomic E-state index is 13.1. The van der Waals surface area contributed by atoms with Gasteiger partial charge in [0, 0.05) is 18.2 Å². The number of hydrogen-bond acceptors (Lipinski definition) is 3. The molecule has 1 amide bonds. The number of aromatic amines is 1. The van der Waals surface area contributed by atoms with Gasteiger partial charge in [-0.2, -0.15) is 0 Å². The minimum Gasteiger partial charge on any atom is -0.353 e. The highest BCUT2D eigenvalue weighted by atomic mass is 32.2. The Bertz CT molecular complexity index is 603. The molecule has 20 heavy (non-hydrogen) atoms. The van der Waals surface area contributed by atoms with Crippen LogP contribution in [0.5, 0.6) is 0 Å². The molecule has 0 saturated carbocycles. The quantitative estimate of drug-likeness (QED) is 0.854. The fraction of sp³-hybridized carbons (Fsp3) is 0.385. The Morgan fingerprint density at radius 2 is 1.95 bits per heavy atom. The lowest BCUT2D eigenvalue weighted by atomic mass is 10.3. The van der Waals surface area contributed by atoms with Gasteiger partial charge in [-0.3, -0.25) is 4.79 Å². The van der Waals surface area contributed by atoms with Gasteiger partial charge in [-0.05, 0) is 20.8 Å². The van der Waals surface area contributed by atoms with Crippen LogP contribution in [-0.4, -0.2) is 27.2 Å². The lowest BCUT2D eigenvalue weighted by molar-refractivity contribution is -0.120. The smallest absolute Gasteiger partial charge is 0.233 e. The Kier molecular flexibility index (Phi) is 4.27. The summed E-state index contributed by atoms with van der Waals surface area (Å²) in [7, 11) is 0. The van der Waals surface area contributed by atoms with Crippen molar-refractivity contribution in [3.05, 3.63) is 23.8 Å². The van der Waals surface area contributed by atoms with Gasteiger partial charge in [0.15, 0.2) is 16.8 Å². The maximum Gasteiger partial charge on any atom is 0.233 e. The van der Waals surface area contributed by atoms with Crippen LogP contribution in [0.25, 0.3) is 11.0 Å². The number of benzene rings is 1. The van der Waals surface area contributed by atoms with E-state index in [4.69, 9.17) is 0 Å². The first-order valence-corrected chi connectivity index (χ1v) is 7.06. The number of hydrogen-bond donors (Lipinski definition) is 2. The van der Waals surface area contributed by atoms with Crippen LogP contribution < -0.4 is 5.32 Å². The summed E-state index contributed by atoms with van der Waals surface area (Å²) in [4.78, 5) is 18.8. The zero-order valence-electron chi connectivity index (χ0n) is 11.3. The second-order valence-corrected chi connectivity index (χ2v) is 6.08. The maximum absolute atomic E-state index is 13.1. The number of imidazole rings is 1. The van der Waals surface area contributed by atoms with E-state index in [-0.39, 0.29) is 17.2 Å². The molecular formula is C13H15F2N3OS. The number of nitrogens with one attached hydrogen (secondary N) is 2. The number of halogens is 2. The van der Waals surface area contributed by atoms with Crippen LogP contribution in [0.2, 0.25) is 0 Å². The third kappa shape index (κ3) is 3.27. The SMILES string of the molecule is CC(C)NC(=O)C(C)Sc1nc2cc(F)c(F)cc2[nH]1. The van der Waals surface area contributed by atoms with Crippen molar-refractivity contribution in [1.29, 1.82) is 0 Å². The minimum absolute atomic E-state index is 0.0596. The molecule has 0 aliphatic carbocycles. The molecule has 0 spiro atoms. The third-order valence-corrected chi connectivity index (χ3v) is 3.58. The fourth-order valence-corrected chi connectivity index (χ4v) is 2.49. The van der Waals surface area contributed by atoms with Crippen LogP contribution in [0.15, 0.2) is 17.3 Å². The summed E-state index contributed by atoms with van der Waals surface area (Å²) in [5.74, 6) is -1.97. The standard InChI is InChI=1S/C13H15F2N3OS/c1-6(2)16-12(19)7(3)20-13-17-10-4-8(14)9(15)5-11(10)18-13/h4-7H,1-3H3,(H,16,19)(H,17,18). The van der Waals surface area contributed by atoms with E-state index in [1.54, 1.807) is 6.92 Å². The third-order valence-electron chi connectivity index (χ3n) is 2.59. The first-order chi connectivity index (χ1) is 9.36. The minimum atomic E-state index is -0.939. The Labute approximate surface area is 119 Å².